The van der Waals surface area contributed by atoms with Crippen LogP contribution in [0.5, 0.6) is 5.75 Å². The molecule has 4 rings (SSSR count). The Morgan fingerprint density at radius 1 is 0.697 bits per heavy atom. The van der Waals surface area contributed by atoms with Crippen molar-refractivity contribution in [2.24, 2.45) is 20.5 Å². The van der Waals surface area contributed by atoms with Crippen molar-refractivity contribution in [3.63, 3.8) is 0 Å². The van der Waals surface area contributed by atoms with E-state index in [1.54, 1.807) is 24.3 Å². The second-order valence-electron chi connectivity index (χ2n) is 7.04. The predicted octanol–water partition coefficient (Wildman–Crippen LogP) is 6.55. The van der Waals surface area contributed by atoms with Gasteiger partial charge in [-0.2, -0.15) is 18.6 Å². The van der Waals surface area contributed by atoms with Crippen LogP contribution in [-0.4, -0.2) is 47.6 Å². The van der Waals surface area contributed by atoms with Gasteiger partial charge in [-0.1, -0.05) is 18.2 Å². The fourth-order valence-electron chi connectivity index (χ4n) is 3.06. The van der Waals surface area contributed by atoms with E-state index in [1.165, 1.54) is 30.3 Å². The molecule has 2 N–H and O–H groups in total. The maximum absolute atomic E-state index is 11.7. The Labute approximate surface area is 212 Å². The second-order valence-corrected chi connectivity index (χ2v) is 8.46. The van der Waals surface area contributed by atoms with Crippen molar-refractivity contribution < 1.29 is 18.1 Å². The molecule has 0 aliphatic rings. The van der Waals surface area contributed by atoms with Gasteiger partial charge in [-0.15, -0.1) is 10.2 Å². The van der Waals surface area contributed by atoms with Crippen molar-refractivity contribution in [2.75, 3.05) is 0 Å². The monoisotopic (exact) mass is 469 g/mol. The van der Waals surface area contributed by atoms with Gasteiger partial charge in [0.25, 0.3) is 10.1 Å². The number of hydrogen-bond acceptors (Lipinski definition) is 7. The third-order valence-electron chi connectivity index (χ3n) is 4.64. The standard InChI is InChI=1S/C23H18N4O4S.Na/c1-15-3-2-4-17(13-15)25-27-23-12-11-22(26-24-16-5-7-18(28)8-6-16)20-10-9-19(14-21(20)23)32(29,30)31;/h2-14,28H,1H3,(H,29,30,31);. The molecule has 4 aromatic rings. The van der Waals surface area contributed by atoms with E-state index >= 15 is 0 Å². The van der Waals surface area contributed by atoms with Crippen molar-refractivity contribution in [1.82, 2.24) is 0 Å². The Bertz CT molecular complexity index is 1470. The zero-order valence-corrected chi connectivity index (χ0v) is 20.7. The van der Waals surface area contributed by atoms with Crippen LogP contribution in [0.15, 0.2) is 104 Å². The van der Waals surface area contributed by atoms with E-state index in [-0.39, 0.29) is 40.2 Å². The Morgan fingerprint density at radius 2 is 1.33 bits per heavy atom. The normalized spacial score (nSPS) is 11.8. The molecule has 0 spiro atoms. The fraction of sp³-hybridized carbons (Fsp3) is 0.0435. The molecule has 0 atom stereocenters. The van der Waals surface area contributed by atoms with Crippen LogP contribution in [0.1, 0.15) is 5.56 Å². The van der Waals surface area contributed by atoms with Gasteiger partial charge in [-0.3, -0.25) is 4.55 Å². The molecule has 0 saturated carbocycles. The van der Waals surface area contributed by atoms with E-state index in [1.807, 2.05) is 31.2 Å². The summed E-state index contributed by atoms with van der Waals surface area (Å²) in [6.07, 6.45) is 0. The maximum Gasteiger partial charge on any atom is 0.294 e. The minimum absolute atomic E-state index is 0. The van der Waals surface area contributed by atoms with Crippen LogP contribution in [-0.2, 0) is 10.1 Å². The SMILES string of the molecule is Cc1cccc(N=Nc2ccc(N=Nc3ccc(O)cc3)c3ccc(S(=O)(=O)O)cc23)c1.[Na]. The van der Waals surface area contributed by atoms with Crippen molar-refractivity contribution in [3.8, 4) is 5.75 Å². The molecule has 8 nitrogen and oxygen atoms in total. The summed E-state index contributed by atoms with van der Waals surface area (Å²) in [6, 6.07) is 21.2. The number of aromatic hydroxyl groups is 1. The van der Waals surface area contributed by atoms with Crippen molar-refractivity contribution in [1.29, 1.82) is 0 Å². The number of phenolic OH excluding ortho intramolecular Hbond substituents is 1. The van der Waals surface area contributed by atoms with E-state index in [4.69, 9.17) is 0 Å². The maximum atomic E-state index is 11.7. The Kier molecular flexibility index (Phi) is 7.72. The van der Waals surface area contributed by atoms with Gasteiger partial charge in [0.05, 0.1) is 27.6 Å². The van der Waals surface area contributed by atoms with Crippen molar-refractivity contribution >= 4 is 73.2 Å². The molecule has 161 valence electrons. The average molecular weight is 469 g/mol. The summed E-state index contributed by atoms with van der Waals surface area (Å²) >= 11 is 0. The molecule has 1 radical (unpaired) electrons. The van der Waals surface area contributed by atoms with Crippen LogP contribution < -0.4 is 0 Å². The minimum atomic E-state index is -4.41. The van der Waals surface area contributed by atoms with Gasteiger partial charge in [-0.05, 0) is 73.2 Å². The summed E-state index contributed by atoms with van der Waals surface area (Å²) < 4.78 is 32.8. The van der Waals surface area contributed by atoms with E-state index in [0.29, 0.717) is 33.5 Å². The molecular weight excluding hydrogens is 451 g/mol. The first-order chi connectivity index (χ1) is 15.3. The van der Waals surface area contributed by atoms with Crippen LogP contribution >= 0.6 is 0 Å². The summed E-state index contributed by atoms with van der Waals surface area (Å²) in [5.41, 5.74) is 3.11. The molecule has 33 heavy (non-hydrogen) atoms. The molecule has 0 aromatic heterocycles. The number of phenols is 1. The first-order valence-electron chi connectivity index (χ1n) is 9.53. The Morgan fingerprint density at radius 3 is 1.97 bits per heavy atom. The molecule has 0 saturated heterocycles. The van der Waals surface area contributed by atoms with Gasteiger partial charge in [0.15, 0.2) is 0 Å². The molecule has 0 aliphatic carbocycles. The van der Waals surface area contributed by atoms with Gasteiger partial charge >= 0.3 is 0 Å². The van der Waals surface area contributed by atoms with E-state index in [9.17, 15) is 18.1 Å². The predicted molar refractivity (Wildman–Crippen MR) is 127 cm³/mol. The molecule has 4 aromatic carbocycles. The molecule has 10 heteroatoms. The van der Waals surface area contributed by atoms with Gasteiger partial charge < -0.3 is 5.11 Å². The summed E-state index contributed by atoms with van der Waals surface area (Å²) in [6.45, 7) is 1.95. The first-order valence-corrected chi connectivity index (χ1v) is 11.0. The van der Waals surface area contributed by atoms with Gasteiger partial charge in [0.1, 0.15) is 5.75 Å². The van der Waals surface area contributed by atoms with Crippen LogP contribution in [0, 0.1) is 6.92 Å². The number of nitrogens with zero attached hydrogens (tertiary/aromatic N) is 4. The van der Waals surface area contributed by atoms with Gasteiger partial charge in [-0.25, -0.2) is 0 Å². The average Bonchev–Trinajstić information content (AvgIpc) is 2.76. The van der Waals surface area contributed by atoms with Crippen LogP contribution in [0.25, 0.3) is 10.8 Å². The molecule has 0 amide bonds. The van der Waals surface area contributed by atoms with Crippen LogP contribution in [0.3, 0.4) is 0 Å². The minimum Gasteiger partial charge on any atom is -0.508 e. The largest absolute Gasteiger partial charge is 0.508 e. The number of hydrogen-bond donors (Lipinski definition) is 2. The number of azo groups is 2. The molecule has 0 heterocycles. The summed E-state index contributed by atoms with van der Waals surface area (Å²) in [7, 11) is -4.41. The molecule has 0 fully saturated rings. The fourth-order valence-corrected chi connectivity index (χ4v) is 3.57. The van der Waals surface area contributed by atoms with Crippen LogP contribution in [0.4, 0.5) is 22.7 Å². The number of aryl methyl sites for hydroxylation is 1. The molecule has 0 bridgehead atoms. The third kappa shape index (κ3) is 6.10. The number of benzene rings is 4. The van der Waals surface area contributed by atoms with E-state index in [2.05, 4.69) is 20.5 Å². The smallest absolute Gasteiger partial charge is 0.294 e. The zero-order chi connectivity index (χ0) is 22.7. The zero-order valence-electron chi connectivity index (χ0n) is 17.9. The molecule has 0 unspecified atom stereocenters. The van der Waals surface area contributed by atoms with Gasteiger partial charge in [0, 0.05) is 40.3 Å². The van der Waals surface area contributed by atoms with Crippen LogP contribution in [0.2, 0.25) is 0 Å². The van der Waals surface area contributed by atoms with E-state index in [0.717, 1.165) is 5.56 Å². The quantitative estimate of drug-likeness (QED) is 0.195. The summed E-state index contributed by atoms with van der Waals surface area (Å²) in [5, 5.41) is 27.4. The van der Waals surface area contributed by atoms with E-state index < -0.39 is 10.1 Å². The number of fused-ring (bicyclic) bond motifs is 1. The second kappa shape index (κ2) is 10.3. The Balaban J connectivity index is 0.00000306. The first kappa shape index (κ1) is 24.7. The summed E-state index contributed by atoms with van der Waals surface area (Å²) in [4.78, 5) is -0.260. The van der Waals surface area contributed by atoms with Crippen molar-refractivity contribution in [2.45, 2.75) is 11.8 Å². The number of rotatable bonds is 5. The molecule has 0 aliphatic heterocycles. The van der Waals surface area contributed by atoms with Gasteiger partial charge in [0.2, 0.25) is 0 Å². The molecular formula is C23H18N4NaO4S. The summed E-state index contributed by atoms with van der Waals surface area (Å²) in [5.74, 6) is 0.121. The van der Waals surface area contributed by atoms with Crippen molar-refractivity contribution in [3.05, 3.63) is 84.4 Å². The Hall–Kier alpha value is -2.95. The topological polar surface area (TPSA) is 124 Å². The third-order valence-corrected chi connectivity index (χ3v) is 5.49.